The Balaban J connectivity index is 4.27. The SMILES string of the molecule is CC(C)CCCCCCCCCCCCCCCCCCCCC(=O)OC[C@H](COC(=O)CCCCCCCCCCCCCCCCCC(C)C)OC(=O)CCCCCCCCCCCCCCCCC(C)C. The van der Waals surface area contributed by atoms with E-state index in [2.05, 4.69) is 41.5 Å². The molecule has 0 bridgehead atoms. The smallest absolute Gasteiger partial charge is 0.306 e. The number of ether oxygens (including phenoxy) is 3. The highest BCUT2D eigenvalue weighted by atomic mass is 16.6. The minimum absolute atomic E-state index is 0.0621. The van der Waals surface area contributed by atoms with Crippen LogP contribution in [-0.2, 0) is 28.6 Å². The van der Waals surface area contributed by atoms with E-state index in [0.717, 1.165) is 75.5 Å². The van der Waals surface area contributed by atoms with Gasteiger partial charge in [0.25, 0.3) is 0 Å². The number of esters is 3. The molecule has 0 N–H and O–H groups in total. The van der Waals surface area contributed by atoms with Gasteiger partial charge in [-0.15, -0.1) is 0 Å². The molecule has 0 heterocycles. The molecule has 6 nitrogen and oxygen atoms in total. The van der Waals surface area contributed by atoms with Crippen molar-refractivity contribution >= 4 is 17.9 Å². The molecule has 0 rings (SSSR count). The van der Waals surface area contributed by atoms with Gasteiger partial charge in [0.1, 0.15) is 13.2 Å². The first-order valence-corrected chi connectivity index (χ1v) is 33.6. The highest BCUT2D eigenvalue weighted by Gasteiger charge is 2.20. The van der Waals surface area contributed by atoms with Crippen molar-refractivity contribution in [1.82, 2.24) is 0 Å². The van der Waals surface area contributed by atoms with Crippen LogP contribution in [0.15, 0.2) is 0 Å². The summed E-state index contributed by atoms with van der Waals surface area (Å²) >= 11 is 0. The van der Waals surface area contributed by atoms with Crippen LogP contribution in [0.3, 0.4) is 0 Å². The molecule has 0 amide bonds. The largest absolute Gasteiger partial charge is 0.462 e. The van der Waals surface area contributed by atoms with Crippen LogP contribution in [-0.4, -0.2) is 37.2 Å². The second-order valence-electron chi connectivity index (χ2n) is 24.9. The molecule has 0 aliphatic rings. The van der Waals surface area contributed by atoms with Crippen LogP contribution in [0.5, 0.6) is 0 Å². The summed E-state index contributed by atoms with van der Waals surface area (Å²) in [6.07, 6.45) is 65.4. The molecule has 0 aliphatic carbocycles. The van der Waals surface area contributed by atoms with Crippen molar-refractivity contribution in [3.63, 3.8) is 0 Å². The highest BCUT2D eigenvalue weighted by Crippen LogP contribution is 2.20. The first-order valence-electron chi connectivity index (χ1n) is 33.6. The molecule has 0 aromatic rings. The predicted octanol–water partition coefficient (Wildman–Crippen LogP) is 22.6. The van der Waals surface area contributed by atoms with Crippen molar-refractivity contribution in [3.05, 3.63) is 0 Å². The van der Waals surface area contributed by atoms with E-state index >= 15 is 0 Å². The van der Waals surface area contributed by atoms with Gasteiger partial charge in [0.2, 0.25) is 0 Å². The maximum absolute atomic E-state index is 12.9. The van der Waals surface area contributed by atoms with Crippen molar-refractivity contribution in [1.29, 1.82) is 0 Å². The molecule has 0 aliphatic heterocycles. The molecule has 74 heavy (non-hydrogen) atoms. The Labute approximate surface area is 463 Å². The van der Waals surface area contributed by atoms with Crippen LogP contribution in [0.25, 0.3) is 0 Å². The van der Waals surface area contributed by atoms with Gasteiger partial charge in [0, 0.05) is 19.3 Å². The van der Waals surface area contributed by atoms with E-state index in [4.69, 9.17) is 14.2 Å². The molecule has 1 atom stereocenters. The first-order chi connectivity index (χ1) is 36.1. The molecule has 0 radical (unpaired) electrons. The lowest BCUT2D eigenvalue weighted by atomic mass is 10.0. The number of carbonyl (C=O) groups excluding carboxylic acids is 3. The first kappa shape index (κ1) is 72.4. The fraction of sp³-hybridized carbons (Fsp3) is 0.956. The summed E-state index contributed by atoms with van der Waals surface area (Å²) in [4.78, 5) is 38.4. The predicted molar refractivity (Wildman–Crippen MR) is 321 cm³/mol. The van der Waals surface area contributed by atoms with Gasteiger partial charge >= 0.3 is 17.9 Å². The van der Waals surface area contributed by atoms with Crippen LogP contribution in [0.2, 0.25) is 0 Å². The average molecular weight is 1050 g/mol. The Morgan fingerprint density at radius 3 is 0.581 bits per heavy atom. The van der Waals surface area contributed by atoms with Gasteiger partial charge < -0.3 is 14.2 Å². The van der Waals surface area contributed by atoms with Crippen molar-refractivity contribution in [2.75, 3.05) is 13.2 Å². The number of unbranched alkanes of at least 4 members (excludes halogenated alkanes) is 44. The minimum atomic E-state index is -0.765. The summed E-state index contributed by atoms with van der Waals surface area (Å²) in [5.74, 6) is 1.72. The number of hydrogen-bond donors (Lipinski definition) is 0. The van der Waals surface area contributed by atoms with Crippen LogP contribution in [0.4, 0.5) is 0 Å². The molecular weight excluding hydrogens is 913 g/mol. The Morgan fingerprint density at radius 2 is 0.392 bits per heavy atom. The second-order valence-corrected chi connectivity index (χ2v) is 24.9. The van der Waals surface area contributed by atoms with Crippen molar-refractivity contribution in [2.24, 2.45) is 17.8 Å². The third-order valence-electron chi connectivity index (χ3n) is 15.6. The van der Waals surface area contributed by atoms with Gasteiger partial charge in [-0.1, -0.05) is 343 Å². The maximum atomic E-state index is 12.9. The lowest BCUT2D eigenvalue weighted by molar-refractivity contribution is -0.167. The van der Waals surface area contributed by atoms with Crippen LogP contribution >= 0.6 is 0 Å². The second kappa shape index (κ2) is 59.1. The van der Waals surface area contributed by atoms with E-state index in [1.54, 1.807) is 0 Å². The van der Waals surface area contributed by atoms with E-state index in [0.29, 0.717) is 19.3 Å². The summed E-state index contributed by atoms with van der Waals surface area (Å²) in [6, 6.07) is 0. The van der Waals surface area contributed by atoms with Gasteiger partial charge in [0.05, 0.1) is 0 Å². The molecule has 440 valence electrons. The van der Waals surface area contributed by atoms with Gasteiger partial charge in [0.15, 0.2) is 6.10 Å². The summed E-state index contributed by atoms with van der Waals surface area (Å²) < 4.78 is 17.0. The van der Waals surface area contributed by atoms with Gasteiger partial charge in [-0.05, 0) is 37.0 Å². The molecule has 0 spiro atoms. The molecule has 6 heteroatoms. The zero-order valence-corrected chi connectivity index (χ0v) is 51.1. The molecule has 0 saturated carbocycles. The summed E-state index contributed by atoms with van der Waals surface area (Å²) in [5.41, 5.74) is 0. The van der Waals surface area contributed by atoms with Crippen LogP contribution < -0.4 is 0 Å². The maximum Gasteiger partial charge on any atom is 0.306 e. The minimum Gasteiger partial charge on any atom is -0.462 e. The zero-order chi connectivity index (χ0) is 54.1. The van der Waals surface area contributed by atoms with Gasteiger partial charge in [-0.25, -0.2) is 0 Å². The third-order valence-corrected chi connectivity index (χ3v) is 15.6. The quantitative estimate of drug-likeness (QED) is 0.0343. The standard InChI is InChI=1S/C68H132O6/c1-62(2)54-48-42-36-30-24-18-12-9-7-8-10-14-21-27-33-39-45-51-57-66(69)72-60-65(74-68(71)59-53-47-41-35-29-23-17-16-20-26-32-38-44-50-56-64(5)6)61-73-67(70)58-52-46-40-34-28-22-15-11-13-19-25-31-37-43-49-55-63(3)4/h62-65H,7-61H2,1-6H3/t65-/m1/s1. The average Bonchev–Trinajstić information content (AvgIpc) is 3.36. The van der Waals surface area contributed by atoms with Crippen molar-refractivity contribution in [3.8, 4) is 0 Å². The number of carbonyl (C=O) groups is 3. The lowest BCUT2D eigenvalue weighted by Crippen LogP contribution is -2.30. The molecule has 0 fully saturated rings. The number of rotatable bonds is 61. The van der Waals surface area contributed by atoms with Crippen LogP contribution in [0.1, 0.15) is 382 Å². The van der Waals surface area contributed by atoms with E-state index in [-0.39, 0.29) is 31.1 Å². The molecule has 0 saturated heterocycles. The van der Waals surface area contributed by atoms with E-state index < -0.39 is 6.10 Å². The molecular formula is C68H132O6. The van der Waals surface area contributed by atoms with Gasteiger partial charge in [-0.3, -0.25) is 14.4 Å². The van der Waals surface area contributed by atoms with Gasteiger partial charge in [-0.2, -0.15) is 0 Å². The monoisotopic (exact) mass is 1050 g/mol. The summed E-state index contributed by atoms with van der Waals surface area (Å²) in [6.45, 7) is 13.8. The third kappa shape index (κ3) is 61.3. The highest BCUT2D eigenvalue weighted by molar-refractivity contribution is 5.71. The zero-order valence-electron chi connectivity index (χ0n) is 51.1. The Kier molecular flexibility index (Phi) is 57.8. The van der Waals surface area contributed by atoms with E-state index in [9.17, 15) is 14.4 Å². The Morgan fingerprint density at radius 1 is 0.230 bits per heavy atom. The topological polar surface area (TPSA) is 78.9 Å². The normalized spacial score (nSPS) is 12.1. The van der Waals surface area contributed by atoms with E-state index in [1.165, 1.54) is 263 Å². The molecule has 0 unspecified atom stereocenters. The number of hydrogen-bond acceptors (Lipinski definition) is 6. The molecule has 0 aromatic carbocycles. The lowest BCUT2D eigenvalue weighted by Gasteiger charge is -2.18. The van der Waals surface area contributed by atoms with E-state index in [1.807, 2.05) is 0 Å². The van der Waals surface area contributed by atoms with Crippen molar-refractivity contribution < 1.29 is 28.6 Å². The fourth-order valence-corrected chi connectivity index (χ4v) is 10.6. The Bertz CT molecular complexity index is 1150. The van der Waals surface area contributed by atoms with Crippen molar-refractivity contribution in [2.45, 2.75) is 388 Å². The fourth-order valence-electron chi connectivity index (χ4n) is 10.6. The molecule has 0 aromatic heterocycles. The summed E-state index contributed by atoms with van der Waals surface area (Å²) in [5, 5.41) is 0. The summed E-state index contributed by atoms with van der Waals surface area (Å²) in [7, 11) is 0. The Hall–Kier alpha value is -1.59. The van der Waals surface area contributed by atoms with Crippen LogP contribution in [0, 0.1) is 17.8 Å².